The second kappa shape index (κ2) is 12.1. The van der Waals surface area contributed by atoms with Gasteiger partial charge in [-0.05, 0) is 58.2 Å². The van der Waals surface area contributed by atoms with Crippen LogP contribution in [0.1, 0.15) is 95.9 Å². The highest BCUT2D eigenvalue weighted by Crippen LogP contribution is 2.48. The molecule has 200 valence electrons. The van der Waals surface area contributed by atoms with Crippen LogP contribution in [0.3, 0.4) is 0 Å². The van der Waals surface area contributed by atoms with Crippen LogP contribution in [0.25, 0.3) is 0 Å². The second-order valence-corrected chi connectivity index (χ2v) is 23.2. The molecule has 0 radical (unpaired) electrons. The third-order valence-corrected chi connectivity index (χ3v) is 20.8. The van der Waals surface area contributed by atoms with Gasteiger partial charge in [-0.2, -0.15) is 0 Å². The van der Waals surface area contributed by atoms with Crippen LogP contribution in [0.4, 0.5) is 5.69 Å². The molecule has 1 aliphatic rings. The Labute approximate surface area is 218 Å². The zero-order valence-corrected chi connectivity index (χ0v) is 26.6. The van der Waals surface area contributed by atoms with Crippen LogP contribution in [0.2, 0.25) is 33.2 Å². The van der Waals surface area contributed by atoms with E-state index in [1.807, 2.05) is 24.3 Å². The van der Waals surface area contributed by atoms with Gasteiger partial charge in [0.1, 0.15) is 12.5 Å². The summed E-state index contributed by atoms with van der Waals surface area (Å²) in [6.07, 6.45) is 1.52. The third-order valence-electron chi connectivity index (χ3n) is 8.63. The molecule has 4 nitrogen and oxygen atoms in total. The molecule has 6 heteroatoms. The molecule has 1 fully saturated rings. The molecular weight excluding hydrogens is 466 g/mol. The molecule has 0 spiro atoms. The van der Waals surface area contributed by atoms with Gasteiger partial charge in [-0.3, -0.25) is 4.79 Å². The molecule has 0 unspecified atom stereocenters. The molecule has 0 saturated carbocycles. The number of hydrogen-bond acceptors (Lipinski definition) is 4. The van der Waals surface area contributed by atoms with Gasteiger partial charge >= 0.3 is 0 Å². The summed E-state index contributed by atoms with van der Waals surface area (Å²) in [6, 6.07) is 9.38. The largest absolute Gasteiger partial charge is 0.396 e. The fourth-order valence-corrected chi connectivity index (χ4v) is 18.4. The molecule has 0 amide bonds. The standard InChI is InChI=1S/C29H53NO3Si2/c1-20(2)34(21(3)4,22(5)6)32-28-18-19-29(30(28)26-16-14-13-15-17-27(26)31)33-35(23(7)8,24(9)10)25(11)12/h13-17,20-25,28-29H,18-19H2,1-12H3/t28-,29-/m1/s1. The van der Waals surface area contributed by atoms with Crippen molar-refractivity contribution in [2.75, 3.05) is 4.90 Å². The fraction of sp³-hybridized carbons (Fsp3) is 0.759. The Morgan fingerprint density at radius 1 is 0.629 bits per heavy atom. The molecule has 1 aromatic rings. The van der Waals surface area contributed by atoms with Crippen molar-refractivity contribution >= 4 is 22.3 Å². The maximum atomic E-state index is 13.3. The first-order valence-electron chi connectivity index (χ1n) is 14.0. The lowest BCUT2D eigenvalue weighted by molar-refractivity contribution is 0.141. The zero-order chi connectivity index (χ0) is 26.7. The van der Waals surface area contributed by atoms with Gasteiger partial charge in [-0.1, -0.05) is 101 Å². The summed E-state index contributed by atoms with van der Waals surface area (Å²) < 4.78 is 14.6. The van der Waals surface area contributed by atoms with Gasteiger partial charge < -0.3 is 13.8 Å². The minimum Gasteiger partial charge on any atom is -0.396 e. The van der Waals surface area contributed by atoms with Gasteiger partial charge in [0.25, 0.3) is 0 Å². The van der Waals surface area contributed by atoms with Crippen LogP contribution >= 0.6 is 0 Å². The minimum atomic E-state index is -2.15. The Morgan fingerprint density at radius 3 is 1.31 bits per heavy atom. The van der Waals surface area contributed by atoms with Crippen LogP contribution < -0.4 is 10.3 Å². The lowest BCUT2D eigenvalue weighted by Crippen LogP contribution is -2.57. The summed E-state index contributed by atoms with van der Waals surface area (Å²) in [7, 11) is -4.29. The molecule has 0 aromatic heterocycles. The predicted octanol–water partition coefficient (Wildman–Crippen LogP) is 8.68. The van der Waals surface area contributed by atoms with Crippen molar-refractivity contribution in [3.05, 3.63) is 40.6 Å². The normalized spacial score (nSPS) is 19.9. The Hall–Kier alpha value is -0.956. The summed E-state index contributed by atoms with van der Waals surface area (Å²) in [5.74, 6) is 0. The molecule has 35 heavy (non-hydrogen) atoms. The summed E-state index contributed by atoms with van der Waals surface area (Å²) in [5, 5.41) is 0. The molecule has 1 aliphatic heterocycles. The lowest BCUT2D eigenvalue weighted by Gasteiger charge is -2.48. The first kappa shape index (κ1) is 30.3. The van der Waals surface area contributed by atoms with E-state index in [0.717, 1.165) is 12.8 Å². The molecule has 0 bridgehead atoms. The molecule has 1 saturated heterocycles. The molecule has 2 rings (SSSR count). The van der Waals surface area contributed by atoms with Crippen molar-refractivity contribution in [3.63, 3.8) is 0 Å². The van der Waals surface area contributed by atoms with Crippen molar-refractivity contribution in [1.29, 1.82) is 0 Å². The Morgan fingerprint density at radius 2 is 0.971 bits per heavy atom. The highest BCUT2D eigenvalue weighted by Gasteiger charge is 2.52. The topological polar surface area (TPSA) is 38.8 Å². The van der Waals surface area contributed by atoms with Crippen LogP contribution in [0.5, 0.6) is 0 Å². The van der Waals surface area contributed by atoms with Crippen molar-refractivity contribution in [2.24, 2.45) is 0 Å². The number of rotatable bonds is 11. The molecule has 0 aliphatic carbocycles. The van der Waals surface area contributed by atoms with E-state index in [1.165, 1.54) is 0 Å². The van der Waals surface area contributed by atoms with Crippen LogP contribution in [0.15, 0.2) is 35.1 Å². The van der Waals surface area contributed by atoms with E-state index in [0.29, 0.717) is 38.9 Å². The molecule has 1 aromatic carbocycles. The first-order chi connectivity index (χ1) is 16.2. The van der Waals surface area contributed by atoms with Crippen LogP contribution in [0, 0.1) is 0 Å². The van der Waals surface area contributed by atoms with E-state index in [-0.39, 0.29) is 17.9 Å². The van der Waals surface area contributed by atoms with E-state index in [9.17, 15) is 4.79 Å². The van der Waals surface area contributed by atoms with E-state index in [4.69, 9.17) is 8.85 Å². The minimum absolute atomic E-state index is 0.0379. The average molecular weight is 520 g/mol. The van der Waals surface area contributed by atoms with Gasteiger partial charge in [0.15, 0.2) is 0 Å². The maximum absolute atomic E-state index is 13.3. The SMILES string of the molecule is CC(C)[Si](O[C@@H]1CC[C@@H](O[Si](C(C)C)(C(C)C)C(C)C)N1c1cccccc1=O)(C(C)C)C(C)C. The quantitative estimate of drug-likeness (QED) is 0.274. The first-order valence-corrected chi connectivity index (χ1v) is 18.2. The number of anilines is 1. The maximum Gasteiger partial charge on any atom is 0.203 e. The Bertz CT molecular complexity index is 783. The smallest absolute Gasteiger partial charge is 0.203 e. The zero-order valence-electron chi connectivity index (χ0n) is 24.6. The summed E-state index contributed by atoms with van der Waals surface area (Å²) in [5.41, 5.74) is 3.65. The van der Waals surface area contributed by atoms with Crippen molar-refractivity contribution in [2.45, 2.75) is 142 Å². The molecule has 0 N–H and O–H groups in total. The van der Waals surface area contributed by atoms with Gasteiger partial charge in [0, 0.05) is 0 Å². The average Bonchev–Trinajstić information content (AvgIpc) is 2.99. The van der Waals surface area contributed by atoms with E-state index < -0.39 is 16.6 Å². The Balaban J connectivity index is 2.64. The highest BCUT2D eigenvalue weighted by atomic mass is 28.4. The second-order valence-electron chi connectivity index (χ2n) is 12.4. The van der Waals surface area contributed by atoms with Gasteiger partial charge in [-0.15, -0.1) is 0 Å². The highest BCUT2D eigenvalue weighted by molar-refractivity contribution is 6.78. The van der Waals surface area contributed by atoms with Crippen LogP contribution in [-0.2, 0) is 8.85 Å². The summed E-state index contributed by atoms with van der Waals surface area (Å²) in [6.45, 7) is 27.9. The fourth-order valence-electron chi connectivity index (χ4n) is 7.31. The molecule has 1 heterocycles. The Kier molecular flexibility index (Phi) is 10.4. The molecule has 2 atom stereocenters. The number of hydrogen-bond donors (Lipinski definition) is 0. The summed E-state index contributed by atoms with van der Waals surface area (Å²) >= 11 is 0. The van der Waals surface area contributed by atoms with E-state index in [1.54, 1.807) is 6.07 Å². The molecular formula is C29H53NO3Si2. The monoisotopic (exact) mass is 519 g/mol. The van der Waals surface area contributed by atoms with Crippen molar-refractivity contribution in [1.82, 2.24) is 0 Å². The van der Waals surface area contributed by atoms with Crippen molar-refractivity contribution < 1.29 is 8.85 Å². The lowest BCUT2D eigenvalue weighted by atomic mass is 10.3. The van der Waals surface area contributed by atoms with Crippen LogP contribution in [-0.4, -0.2) is 29.1 Å². The van der Waals surface area contributed by atoms with Gasteiger partial charge in [-0.25, -0.2) is 0 Å². The predicted molar refractivity (Wildman–Crippen MR) is 156 cm³/mol. The van der Waals surface area contributed by atoms with E-state index >= 15 is 0 Å². The third kappa shape index (κ3) is 5.81. The van der Waals surface area contributed by atoms with Crippen molar-refractivity contribution in [3.8, 4) is 0 Å². The summed E-state index contributed by atoms with van der Waals surface area (Å²) in [4.78, 5) is 15.5. The van der Waals surface area contributed by atoms with E-state index in [2.05, 4.69) is 88.0 Å². The van der Waals surface area contributed by atoms with Gasteiger partial charge in [0.2, 0.25) is 22.1 Å². The number of nitrogens with zero attached hydrogens (tertiary/aromatic N) is 1. The van der Waals surface area contributed by atoms with Gasteiger partial charge in [0.05, 0.1) is 5.69 Å².